The fourth-order valence-electron chi connectivity index (χ4n) is 1.86. The second-order valence-electron chi connectivity index (χ2n) is 4.03. The summed E-state index contributed by atoms with van der Waals surface area (Å²) in [4.78, 5) is 6.96. The third-order valence-electron chi connectivity index (χ3n) is 2.83. The highest BCUT2D eigenvalue weighted by atomic mass is 19.2. The second kappa shape index (κ2) is 4.18. The molecule has 0 amide bonds. The number of hydrogen-bond acceptors (Lipinski definition) is 2. The van der Waals surface area contributed by atoms with E-state index in [-0.39, 0.29) is 5.52 Å². The highest BCUT2D eigenvalue weighted by molar-refractivity contribution is 5.80. The van der Waals surface area contributed by atoms with Gasteiger partial charge in [0, 0.05) is 5.56 Å². The van der Waals surface area contributed by atoms with Crippen LogP contribution in [0.2, 0.25) is 0 Å². The number of aromatic nitrogens is 2. The van der Waals surface area contributed by atoms with Crippen molar-refractivity contribution in [3.05, 3.63) is 53.6 Å². The number of H-pyrrole nitrogens is 1. The summed E-state index contributed by atoms with van der Waals surface area (Å²) in [6.07, 6.45) is 0. The van der Waals surface area contributed by atoms with Gasteiger partial charge in [-0.1, -0.05) is 0 Å². The molecule has 0 fully saturated rings. The van der Waals surface area contributed by atoms with Crippen LogP contribution >= 0.6 is 0 Å². The Hall–Kier alpha value is -2.74. The molecule has 0 spiro atoms. The Bertz CT molecular complexity index is 798. The Morgan fingerprint density at radius 2 is 1.79 bits per heavy atom. The maximum Gasteiger partial charge on any atom is 0.186 e. The normalized spacial score (nSPS) is 10.6. The van der Waals surface area contributed by atoms with Crippen LogP contribution in [0.3, 0.4) is 0 Å². The monoisotopic (exact) mass is 255 g/mol. The Kier molecular flexibility index (Phi) is 2.50. The minimum absolute atomic E-state index is 0.0284. The van der Waals surface area contributed by atoms with Gasteiger partial charge in [0.25, 0.3) is 0 Å². The first-order valence-electron chi connectivity index (χ1n) is 5.53. The molecule has 0 saturated carbocycles. The van der Waals surface area contributed by atoms with Crippen molar-refractivity contribution in [3.63, 3.8) is 0 Å². The lowest BCUT2D eigenvalue weighted by atomic mass is 10.1. The molecule has 0 bridgehead atoms. The zero-order valence-electron chi connectivity index (χ0n) is 9.61. The summed E-state index contributed by atoms with van der Waals surface area (Å²) in [7, 11) is 0. The molecule has 3 nitrogen and oxygen atoms in total. The van der Waals surface area contributed by atoms with E-state index in [0.717, 1.165) is 6.07 Å². The third kappa shape index (κ3) is 1.83. The van der Waals surface area contributed by atoms with Crippen LogP contribution in [0, 0.1) is 23.0 Å². The van der Waals surface area contributed by atoms with Crippen LogP contribution in [0.5, 0.6) is 0 Å². The van der Waals surface area contributed by atoms with E-state index < -0.39 is 11.6 Å². The molecular weight excluding hydrogens is 248 g/mol. The van der Waals surface area contributed by atoms with Gasteiger partial charge in [-0.3, -0.25) is 0 Å². The molecule has 5 heteroatoms. The average molecular weight is 255 g/mol. The number of benzene rings is 2. The van der Waals surface area contributed by atoms with Crippen LogP contribution in [0.4, 0.5) is 8.78 Å². The predicted molar refractivity (Wildman–Crippen MR) is 66.2 cm³/mol. The smallest absolute Gasteiger partial charge is 0.186 e. The number of nitrogens with zero attached hydrogens (tertiary/aromatic N) is 2. The lowest BCUT2D eigenvalue weighted by Crippen LogP contribution is -1.84. The standard InChI is InChI=1S/C14H7F2N3/c15-10-5-6-11-13(12(10)16)19-14(18-11)9-3-1-8(7-17)2-4-9/h1-6H,(H,18,19). The van der Waals surface area contributed by atoms with Gasteiger partial charge in [0.05, 0.1) is 17.1 Å². The number of aromatic amines is 1. The SMILES string of the molecule is N#Cc1ccc(-c2nc3c(F)c(F)ccc3[nH]2)cc1. The second-order valence-corrected chi connectivity index (χ2v) is 4.03. The predicted octanol–water partition coefficient (Wildman–Crippen LogP) is 3.38. The number of imidazole rings is 1. The quantitative estimate of drug-likeness (QED) is 0.724. The minimum atomic E-state index is -0.964. The zero-order valence-corrected chi connectivity index (χ0v) is 9.61. The third-order valence-corrected chi connectivity index (χ3v) is 2.83. The van der Waals surface area contributed by atoms with Crippen LogP contribution in [0.15, 0.2) is 36.4 Å². The van der Waals surface area contributed by atoms with Gasteiger partial charge in [0.1, 0.15) is 11.3 Å². The van der Waals surface area contributed by atoms with Gasteiger partial charge in [-0.25, -0.2) is 13.8 Å². The van der Waals surface area contributed by atoms with Crippen LogP contribution in [-0.2, 0) is 0 Å². The molecule has 92 valence electrons. The highest BCUT2D eigenvalue weighted by Crippen LogP contribution is 2.23. The van der Waals surface area contributed by atoms with E-state index in [9.17, 15) is 8.78 Å². The first-order valence-corrected chi connectivity index (χ1v) is 5.53. The highest BCUT2D eigenvalue weighted by Gasteiger charge is 2.12. The number of nitrogens with one attached hydrogen (secondary N) is 1. The van der Waals surface area contributed by atoms with E-state index in [1.807, 2.05) is 6.07 Å². The summed E-state index contributed by atoms with van der Waals surface area (Å²) < 4.78 is 26.6. The largest absolute Gasteiger partial charge is 0.338 e. The number of nitriles is 1. The Balaban J connectivity index is 2.15. The molecule has 0 atom stereocenters. The fourth-order valence-corrected chi connectivity index (χ4v) is 1.86. The number of fused-ring (bicyclic) bond motifs is 1. The van der Waals surface area contributed by atoms with Crippen molar-refractivity contribution < 1.29 is 8.78 Å². The molecule has 0 aliphatic carbocycles. The average Bonchev–Trinajstić information content (AvgIpc) is 2.88. The van der Waals surface area contributed by atoms with Gasteiger partial charge >= 0.3 is 0 Å². The molecule has 0 radical (unpaired) electrons. The van der Waals surface area contributed by atoms with Gasteiger partial charge in [0.2, 0.25) is 0 Å². The molecule has 1 N–H and O–H groups in total. The van der Waals surface area contributed by atoms with Crippen molar-refractivity contribution in [3.8, 4) is 17.5 Å². The van der Waals surface area contributed by atoms with Crippen LogP contribution < -0.4 is 0 Å². The molecule has 0 unspecified atom stereocenters. The summed E-state index contributed by atoms with van der Waals surface area (Å²) in [5.41, 5.74) is 1.63. The van der Waals surface area contributed by atoms with Crippen molar-refractivity contribution >= 4 is 11.0 Å². The van der Waals surface area contributed by atoms with Crippen molar-refractivity contribution in [1.82, 2.24) is 9.97 Å². The van der Waals surface area contributed by atoms with E-state index in [1.165, 1.54) is 6.07 Å². The topological polar surface area (TPSA) is 52.5 Å². The Morgan fingerprint density at radius 3 is 2.47 bits per heavy atom. The molecule has 2 aromatic carbocycles. The zero-order chi connectivity index (χ0) is 13.4. The molecule has 3 aromatic rings. The molecule has 1 aromatic heterocycles. The van der Waals surface area contributed by atoms with Crippen molar-refractivity contribution in [2.45, 2.75) is 0 Å². The van der Waals surface area contributed by atoms with E-state index in [0.29, 0.717) is 22.5 Å². The van der Waals surface area contributed by atoms with Crippen LogP contribution in [-0.4, -0.2) is 9.97 Å². The summed E-state index contributed by atoms with van der Waals surface area (Å²) in [6.45, 7) is 0. The Labute approximate surface area is 107 Å². The van der Waals surface area contributed by atoms with Crippen molar-refractivity contribution in [2.75, 3.05) is 0 Å². The molecule has 3 rings (SSSR count). The first kappa shape index (κ1) is 11.4. The van der Waals surface area contributed by atoms with E-state index in [4.69, 9.17) is 5.26 Å². The van der Waals surface area contributed by atoms with Gasteiger partial charge in [-0.05, 0) is 36.4 Å². The molecule has 0 saturated heterocycles. The number of hydrogen-bond donors (Lipinski definition) is 1. The number of rotatable bonds is 1. The molecule has 0 aliphatic heterocycles. The van der Waals surface area contributed by atoms with Crippen molar-refractivity contribution in [2.24, 2.45) is 0 Å². The summed E-state index contributed by atoms with van der Waals surface area (Å²) in [5, 5.41) is 8.72. The maximum absolute atomic E-state index is 13.5. The summed E-state index contributed by atoms with van der Waals surface area (Å²) in [5.74, 6) is -1.46. The molecule has 0 aliphatic rings. The molecule has 1 heterocycles. The lowest BCUT2D eigenvalue weighted by Gasteiger charge is -1.95. The fraction of sp³-hybridized carbons (Fsp3) is 0. The van der Waals surface area contributed by atoms with Gasteiger partial charge in [-0.2, -0.15) is 5.26 Å². The minimum Gasteiger partial charge on any atom is -0.338 e. The lowest BCUT2D eigenvalue weighted by molar-refractivity contribution is 0.515. The number of halogens is 2. The maximum atomic E-state index is 13.5. The van der Waals surface area contributed by atoms with Crippen LogP contribution in [0.25, 0.3) is 22.4 Å². The van der Waals surface area contributed by atoms with Crippen LogP contribution in [0.1, 0.15) is 5.56 Å². The molecular formula is C14H7F2N3. The van der Waals surface area contributed by atoms with Gasteiger partial charge in [0.15, 0.2) is 11.6 Å². The summed E-state index contributed by atoms with van der Waals surface area (Å²) >= 11 is 0. The van der Waals surface area contributed by atoms with E-state index in [1.54, 1.807) is 24.3 Å². The Morgan fingerprint density at radius 1 is 1.05 bits per heavy atom. The molecule has 19 heavy (non-hydrogen) atoms. The first-order chi connectivity index (χ1) is 9.19. The van der Waals surface area contributed by atoms with Crippen molar-refractivity contribution in [1.29, 1.82) is 5.26 Å². The van der Waals surface area contributed by atoms with E-state index >= 15 is 0 Å². The van der Waals surface area contributed by atoms with E-state index in [2.05, 4.69) is 9.97 Å². The van der Waals surface area contributed by atoms with Gasteiger partial charge < -0.3 is 4.98 Å². The van der Waals surface area contributed by atoms with Gasteiger partial charge in [-0.15, -0.1) is 0 Å². The summed E-state index contributed by atoms with van der Waals surface area (Å²) in [6, 6.07) is 11.2.